The van der Waals surface area contributed by atoms with Crippen molar-refractivity contribution in [2.45, 2.75) is 46.3 Å². The van der Waals surface area contributed by atoms with E-state index in [2.05, 4.69) is 58.9 Å². The molecule has 118 valence electrons. The maximum absolute atomic E-state index is 3.67. The third-order valence-corrected chi connectivity index (χ3v) is 6.08. The molecule has 1 aromatic heterocycles. The van der Waals surface area contributed by atoms with Crippen molar-refractivity contribution in [1.82, 2.24) is 0 Å². The number of thioether (sulfide) groups is 1. The van der Waals surface area contributed by atoms with E-state index in [4.69, 9.17) is 0 Å². The Morgan fingerprint density at radius 3 is 2.57 bits per heavy atom. The van der Waals surface area contributed by atoms with Gasteiger partial charge in [0, 0.05) is 0 Å². The minimum absolute atomic E-state index is 0.443. The molecule has 0 amide bonds. The summed E-state index contributed by atoms with van der Waals surface area (Å²) in [5, 5.41) is 1.89. The number of hydrogen-bond acceptors (Lipinski definition) is 2. The summed E-state index contributed by atoms with van der Waals surface area (Å²) in [4.78, 5) is 2.86. The number of fused-ring (bicyclic) bond motifs is 2. The van der Waals surface area contributed by atoms with Crippen molar-refractivity contribution in [2.75, 3.05) is 0 Å². The first kappa shape index (κ1) is 17.6. The molecule has 1 aromatic rings. The van der Waals surface area contributed by atoms with Gasteiger partial charge in [-0.15, -0.1) is 27.9 Å². The van der Waals surface area contributed by atoms with E-state index in [1.807, 2.05) is 23.1 Å². The molecule has 2 aliphatic carbocycles. The van der Waals surface area contributed by atoms with E-state index in [9.17, 15) is 0 Å². The van der Waals surface area contributed by atoms with Gasteiger partial charge in [0.25, 0.3) is 0 Å². The van der Waals surface area contributed by atoms with Crippen LogP contribution in [0.4, 0.5) is 0 Å². The van der Waals surface area contributed by atoms with Gasteiger partial charge in [-0.05, 0) is 53.4 Å². The van der Waals surface area contributed by atoms with Crippen molar-refractivity contribution in [3.05, 3.63) is 54.5 Å². The molecule has 1 aliphatic heterocycles. The Morgan fingerprint density at radius 2 is 1.96 bits per heavy atom. The standard InChI is InChI=1S/C17H15S2.C3H6.Zr/c1-9-4-5-12(6-9)16-11(3)19-15-8-14-13(17(15)16)7-10(2)18-14;1-3-2;/h4,6-7,15H,5H2,1-3H3;1-2H3;/q-1;;. The molecule has 1 unspecified atom stereocenters. The van der Waals surface area contributed by atoms with Gasteiger partial charge in [0.15, 0.2) is 0 Å². The first-order chi connectivity index (χ1) is 10.9. The fourth-order valence-corrected chi connectivity index (χ4v) is 5.45. The van der Waals surface area contributed by atoms with E-state index < -0.39 is 0 Å². The third kappa shape index (κ3) is 3.57. The zero-order valence-electron chi connectivity index (χ0n) is 14.3. The Kier molecular flexibility index (Phi) is 5.31. The van der Waals surface area contributed by atoms with Crippen LogP contribution in [-0.4, -0.2) is 8.46 Å². The molecule has 0 fully saturated rings. The molecule has 0 N–H and O–H groups in total. The second-order valence-electron chi connectivity index (χ2n) is 6.41. The molecule has 0 saturated heterocycles. The summed E-state index contributed by atoms with van der Waals surface area (Å²) in [6, 6.07) is 2.34. The number of aryl methyl sites for hydroxylation is 1. The van der Waals surface area contributed by atoms with Crippen molar-refractivity contribution in [2.24, 2.45) is 0 Å². The van der Waals surface area contributed by atoms with Gasteiger partial charge in [0.05, 0.1) is 0 Å². The molecule has 3 aliphatic rings. The second-order valence-corrected chi connectivity index (χ2v) is 11.4. The molecular weight excluding hydrogens is 396 g/mol. The second kappa shape index (κ2) is 6.94. The van der Waals surface area contributed by atoms with E-state index in [0.717, 1.165) is 6.42 Å². The predicted molar refractivity (Wildman–Crippen MR) is 102 cm³/mol. The minimum atomic E-state index is 0.443. The van der Waals surface area contributed by atoms with Crippen molar-refractivity contribution < 1.29 is 24.2 Å². The van der Waals surface area contributed by atoms with Crippen molar-refractivity contribution in [1.29, 1.82) is 0 Å². The number of hydrogen-bond donors (Lipinski definition) is 0. The van der Waals surface area contributed by atoms with Crippen molar-refractivity contribution in [3.8, 4) is 0 Å². The summed E-state index contributed by atoms with van der Waals surface area (Å²) in [6.45, 7) is 10.9. The Morgan fingerprint density at radius 1 is 1.26 bits per heavy atom. The van der Waals surface area contributed by atoms with Gasteiger partial charge in [0.1, 0.15) is 0 Å². The van der Waals surface area contributed by atoms with E-state index in [1.165, 1.54) is 45.0 Å². The van der Waals surface area contributed by atoms with E-state index in [0.29, 0.717) is 5.25 Å². The number of thiophene rings is 1. The molecular formula is C20H21S2Zr-. The van der Waals surface area contributed by atoms with E-state index in [1.54, 1.807) is 24.2 Å². The molecule has 0 nitrogen and oxygen atoms in total. The quantitative estimate of drug-likeness (QED) is 0.616. The topological polar surface area (TPSA) is 0 Å². The fourth-order valence-electron chi connectivity index (χ4n) is 3.17. The van der Waals surface area contributed by atoms with Crippen LogP contribution in [0.5, 0.6) is 0 Å². The molecule has 0 aromatic carbocycles. The van der Waals surface area contributed by atoms with Crippen LogP contribution < -0.4 is 9.75 Å². The van der Waals surface area contributed by atoms with Crippen LogP contribution in [0.15, 0.2) is 39.8 Å². The van der Waals surface area contributed by atoms with Gasteiger partial charge in [-0.3, -0.25) is 0 Å². The van der Waals surface area contributed by atoms with Crippen molar-refractivity contribution >= 4 is 38.0 Å². The molecule has 0 spiro atoms. The average molecular weight is 417 g/mol. The van der Waals surface area contributed by atoms with Crippen LogP contribution in [0.3, 0.4) is 0 Å². The van der Waals surface area contributed by atoms with Gasteiger partial charge < -0.3 is 0 Å². The Labute approximate surface area is 162 Å². The summed E-state index contributed by atoms with van der Waals surface area (Å²) >= 11 is 5.41. The number of allylic oxidation sites excluding steroid dienone is 6. The summed E-state index contributed by atoms with van der Waals surface area (Å²) in [6.07, 6.45) is 9.44. The van der Waals surface area contributed by atoms with Crippen molar-refractivity contribution in [3.63, 3.8) is 0 Å². The molecule has 3 heteroatoms. The average Bonchev–Trinajstić information content (AvgIpc) is 3.11. The molecule has 4 rings (SSSR count). The maximum atomic E-state index is 3.67. The van der Waals surface area contributed by atoms with Gasteiger partial charge >= 0.3 is 41.3 Å². The molecule has 23 heavy (non-hydrogen) atoms. The molecule has 2 heterocycles. The van der Waals surface area contributed by atoms with Crippen LogP contribution >= 0.6 is 23.1 Å². The van der Waals surface area contributed by atoms with Crippen LogP contribution in [0.25, 0.3) is 11.6 Å². The molecule has 1 atom stereocenters. The predicted octanol–water partition coefficient (Wildman–Crippen LogP) is 4.29. The first-order valence-electron chi connectivity index (χ1n) is 7.88. The van der Waals surface area contributed by atoms with E-state index >= 15 is 0 Å². The van der Waals surface area contributed by atoms with Crippen LogP contribution in [0, 0.1) is 6.92 Å². The molecule has 0 saturated carbocycles. The summed E-state index contributed by atoms with van der Waals surface area (Å²) in [7, 11) is 0. The van der Waals surface area contributed by atoms with Crippen LogP contribution in [0.1, 0.15) is 39.0 Å². The Balaban J connectivity index is 0.000000354. The zero-order chi connectivity index (χ0) is 16.7. The fraction of sp³-hybridized carbons (Fsp3) is 0.350. The first-order valence-corrected chi connectivity index (χ1v) is 10.8. The monoisotopic (exact) mass is 415 g/mol. The van der Waals surface area contributed by atoms with Gasteiger partial charge in [0.2, 0.25) is 0 Å². The number of rotatable bonds is 1. The SMILES string of the molecule is CC1=CCC(C2=C(C)SC3[C-]=c4sc(C)cc4=C23)=C1.C[C](C)=[Zr]. The summed E-state index contributed by atoms with van der Waals surface area (Å²) < 4.78 is 2.87. The normalized spacial score (nSPS) is 21.2. The van der Waals surface area contributed by atoms with E-state index in [-0.39, 0.29) is 0 Å². The summed E-state index contributed by atoms with van der Waals surface area (Å²) in [5.74, 6) is 0. The molecule has 0 radical (unpaired) electrons. The van der Waals surface area contributed by atoms with Gasteiger partial charge in [-0.2, -0.15) is 16.6 Å². The van der Waals surface area contributed by atoms with Crippen LogP contribution in [0.2, 0.25) is 0 Å². The third-order valence-electron chi connectivity index (χ3n) is 3.95. The zero-order valence-corrected chi connectivity index (χ0v) is 18.4. The Bertz CT molecular complexity index is 887. The van der Waals surface area contributed by atoms with Crippen LogP contribution in [-0.2, 0) is 24.2 Å². The molecule has 0 bridgehead atoms. The Hall–Kier alpha value is -0.237. The summed E-state index contributed by atoms with van der Waals surface area (Å²) in [5.41, 5.74) is 5.93. The van der Waals surface area contributed by atoms with Gasteiger partial charge in [-0.25, -0.2) is 6.08 Å². The van der Waals surface area contributed by atoms with Gasteiger partial charge in [-0.1, -0.05) is 17.7 Å².